The van der Waals surface area contributed by atoms with E-state index in [-0.39, 0.29) is 11.6 Å². The minimum absolute atomic E-state index is 0.175. The molecule has 0 amide bonds. The minimum Gasteiger partial charge on any atom is -0.324 e. The van der Waals surface area contributed by atoms with Crippen molar-refractivity contribution < 1.29 is 0 Å². The summed E-state index contributed by atoms with van der Waals surface area (Å²) in [5.41, 5.74) is 2.11. The van der Waals surface area contributed by atoms with Gasteiger partial charge in [-0.3, -0.25) is 9.36 Å². The fraction of sp³-hybridized carbons (Fsp3) is 0.143. The van der Waals surface area contributed by atoms with E-state index in [9.17, 15) is 4.79 Å². The second kappa shape index (κ2) is 7.37. The van der Waals surface area contributed by atoms with Crippen LogP contribution >= 0.6 is 0 Å². The molecule has 0 fully saturated rings. The van der Waals surface area contributed by atoms with Crippen LogP contribution in [0.25, 0.3) is 16.7 Å². The van der Waals surface area contributed by atoms with Crippen molar-refractivity contribution in [2.24, 2.45) is 0 Å². The molecule has 28 heavy (non-hydrogen) atoms. The number of hydrogen-bond donors (Lipinski definition) is 1. The molecule has 3 heterocycles. The van der Waals surface area contributed by atoms with Crippen LogP contribution in [0.4, 0.5) is 11.6 Å². The number of nitrogens with one attached hydrogen (secondary N) is 1. The summed E-state index contributed by atoms with van der Waals surface area (Å²) >= 11 is 0. The molecular formula is C21H18N6O. The summed E-state index contributed by atoms with van der Waals surface area (Å²) in [6.07, 6.45) is 11.5. The van der Waals surface area contributed by atoms with Gasteiger partial charge in [0.15, 0.2) is 0 Å². The molecule has 0 saturated carbocycles. The summed E-state index contributed by atoms with van der Waals surface area (Å²) in [4.78, 5) is 21.3. The summed E-state index contributed by atoms with van der Waals surface area (Å²) in [6, 6.07) is 12.4. The van der Waals surface area contributed by atoms with E-state index in [1.807, 2.05) is 43.5 Å². The summed E-state index contributed by atoms with van der Waals surface area (Å²) in [6.45, 7) is 1.94. The average molecular weight is 370 g/mol. The predicted octanol–water partition coefficient (Wildman–Crippen LogP) is 3.31. The van der Waals surface area contributed by atoms with Gasteiger partial charge in [-0.2, -0.15) is 10.1 Å². The van der Waals surface area contributed by atoms with Gasteiger partial charge in [0.1, 0.15) is 5.65 Å². The third-order valence-electron chi connectivity index (χ3n) is 4.45. The Hall–Kier alpha value is -3.92. The monoisotopic (exact) mass is 370 g/mol. The number of benzene rings is 1. The second-order valence-electron chi connectivity index (χ2n) is 6.23. The Morgan fingerprint density at radius 1 is 1.21 bits per heavy atom. The number of rotatable bonds is 5. The van der Waals surface area contributed by atoms with Crippen molar-refractivity contribution in [1.29, 1.82) is 0 Å². The van der Waals surface area contributed by atoms with Crippen LogP contribution < -0.4 is 10.9 Å². The highest BCUT2D eigenvalue weighted by atomic mass is 16.1. The molecule has 0 saturated heterocycles. The van der Waals surface area contributed by atoms with Gasteiger partial charge in [-0.25, -0.2) is 9.67 Å². The molecule has 138 valence electrons. The molecule has 1 N–H and O–H groups in total. The number of pyridine rings is 1. The molecule has 7 nitrogen and oxygen atoms in total. The highest BCUT2D eigenvalue weighted by Crippen LogP contribution is 2.20. The van der Waals surface area contributed by atoms with E-state index >= 15 is 0 Å². The smallest absolute Gasteiger partial charge is 0.253 e. The van der Waals surface area contributed by atoms with E-state index in [1.165, 1.54) is 6.07 Å². The van der Waals surface area contributed by atoms with Crippen molar-refractivity contribution in [2.45, 2.75) is 19.4 Å². The van der Waals surface area contributed by atoms with Crippen LogP contribution in [0.1, 0.15) is 19.4 Å². The fourth-order valence-corrected chi connectivity index (χ4v) is 3.02. The molecule has 1 aromatic carbocycles. The van der Waals surface area contributed by atoms with Crippen molar-refractivity contribution in [3.8, 4) is 18.0 Å². The molecule has 0 bridgehead atoms. The van der Waals surface area contributed by atoms with Gasteiger partial charge in [-0.05, 0) is 42.8 Å². The van der Waals surface area contributed by atoms with Gasteiger partial charge in [0, 0.05) is 35.7 Å². The van der Waals surface area contributed by atoms with Gasteiger partial charge in [0.2, 0.25) is 5.95 Å². The number of anilines is 2. The second-order valence-corrected chi connectivity index (χ2v) is 6.23. The van der Waals surface area contributed by atoms with E-state index in [1.54, 1.807) is 27.7 Å². The van der Waals surface area contributed by atoms with Gasteiger partial charge in [0.25, 0.3) is 5.56 Å². The molecule has 0 aliphatic heterocycles. The molecule has 4 rings (SSSR count). The highest BCUT2D eigenvalue weighted by Gasteiger charge is 2.13. The summed E-state index contributed by atoms with van der Waals surface area (Å²) in [5, 5.41) is 8.14. The predicted molar refractivity (Wildman–Crippen MR) is 109 cm³/mol. The van der Waals surface area contributed by atoms with Crippen LogP contribution in [0.2, 0.25) is 0 Å². The number of aromatic nitrogens is 5. The summed E-state index contributed by atoms with van der Waals surface area (Å²) in [5.74, 6) is 3.06. The zero-order valence-electron chi connectivity index (χ0n) is 15.3. The molecular weight excluding hydrogens is 352 g/mol. The Labute approximate surface area is 161 Å². The summed E-state index contributed by atoms with van der Waals surface area (Å²) in [7, 11) is 0. The van der Waals surface area contributed by atoms with Gasteiger partial charge in [-0.15, -0.1) is 6.42 Å². The molecule has 0 aliphatic rings. The lowest BCUT2D eigenvalue weighted by atomic mass is 10.2. The maximum absolute atomic E-state index is 12.4. The molecule has 1 unspecified atom stereocenters. The lowest BCUT2D eigenvalue weighted by Gasteiger charge is -2.15. The van der Waals surface area contributed by atoms with Crippen LogP contribution in [0.15, 0.2) is 65.8 Å². The van der Waals surface area contributed by atoms with Gasteiger partial charge in [-0.1, -0.05) is 12.8 Å². The number of hydrogen-bond acceptors (Lipinski definition) is 5. The van der Waals surface area contributed by atoms with Crippen LogP contribution in [0.5, 0.6) is 0 Å². The molecule has 7 heteroatoms. The summed E-state index contributed by atoms with van der Waals surface area (Å²) < 4.78 is 3.32. The first-order valence-electron chi connectivity index (χ1n) is 8.91. The number of fused-ring (bicyclic) bond motifs is 1. The highest BCUT2D eigenvalue weighted by molar-refractivity contribution is 5.76. The largest absolute Gasteiger partial charge is 0.324 e. The third kappa shape index (κ3) is 3.23. The van der Waals surface area contributed by atoms with Crippen molar-refractivity contribution in [1.82, 2.24) is 24.3 Å². The lowest BCUT2D eigenvalue weighted by Crippen LogP contribution is -2.24. The first kappa shape index (κ1) is 17.5. The Kier molecular flexibility index (Phi) is 4.60. The minimum atomic E-state index is -0.354. The van der Waals surface area contributed by atoms with Crippen molar-refractivity contribution >= 4 is 22.7 Å². The van der Waals surface area contributed by atoms with Crippen LogP contribution in [0, 0.1) is 12.3 Å². The van der Waals surface area contributed by atoms with Crippen molar-refractivity contribution in [3.63, 3.8) is 0 Å². The SMILES string of the molecule is C#CC(CC)n1c(=O)ccc2cnc(Nc3ccc(-n4cccn4)cc3)nc21. The zero-order chi connectivity index (χ0) is 19.5. The van der Waals surface area contributed by atoms with E-state index < -0.39 is 0 Å². The quantitative estimate of drug-likeness (QED) is 0.546. The van der Waals surface area contributed by atoms with Crippen LogP contribution in [-0.4, -0.2) is 24.3 Å². The molecule has 0 aliphatic carbocycles. The Bertz CT molecular complexity index is 1200. The topological polar surface area (TPSA) is 77.6 Å². The molecule has 1 atom stereocenters. The Morgan fingerprint density at radius 2 is 2.04 bits per heavy atom. The van der Waals surface area contributed by atoms with E-state index in [0.717, 1.165) is 16.8 Å². The zero-order valence-corrected chi connectivity index (χ0v) is 15.3. The number of nitrogens with zero attached hydrogens (tertiary/aromatic N) is 5. The van der Waals surface area contributed by atoms with E-state index in [2.05, 4.69) is 26.3 Å². The molecule has 3 aromatic heterocycles. The fourth-order valence-electron chi connectivity index (χ4n) is 3.02. The standard InChI is InChI=1S/C21H18N6O/c1-3-17(4-2)27-19(28)11-6-15-14-22-21(25-20(15)27)24-16-7-9-18(10-8-16)26-13-5-12-23-26/h1,5-14,17H,4H2,2H3,(H,22,24,25). The number of terminal acetylenes is 1. The molecule has 4 aromatic rings. The maximum Gasteiger partial charge on any atom is 0.253 e. The van der Waals surface area contributed by atoms with E-state index in [0.29, 0.717) is 18.0 Å². The van der Waals surface area contributed by atoms with Crippen LogP contribution in [-0.2, 0) is 0 Å². The van der Waals surface area contributed by atoms with Crippen molar-refractivity contribution in [3.05, 3.63) is 71.4 Å². The van der Waals surface area contributed by atoms with Gasteiger partial charge < -0.3 is 5.32 Å². The van der Waals surface area contributed by atoms with Gasteiger partial charge >= 0.3 is 0 Å². The first-order chi connectivity index (χ1) is 13.7. The van der Waals surface area contributed by atoms with Crippen LogP contribution in [0.3, 0.4) is 0 Å². The molecule has 0 radical (unpaired) electrons. The van der Waals surface area contributed by atoms with E-state index in [4.69, 9.17) is 6.42 Å². The lowest BCUT2D eigenvalue weighted by molar-refractivity contribution is 0.599. The van der Waals surface area contributed by atoms with Gasteiger partial charge in [0.05, 0.1) is 11.7 Å². The Balaban J connectivity index is 1.69. The third-order valence-corrected chi connectivity index (χ3v) is 4.45. The normalized spacial score (nSPS) is 11.9. The maximum atomic E-state index is 12.4. The van der Waals surface area contributed by atoms with Crippen molar-refractivity contribution in [2.75, 3.05) is 5.32 Å². The first-order valence-corrected chi connectivity index (χ1v) is 8.91. The average Bonchev–Trinajstić information content (AvgIpc) is 3.26. The Morgan fingerprint density at radius 3 is 2.71 bits per heavy atom. The molecule has 0 spiro atoms.